The van der Waals surface area contributed by atoms with E-state index in [9.17, 15) is 14.9 Å². The molecule has 2 aromatic heterocycles. The maximum Gasteiger partial charge on any atom is 0.404 e. The molecule has 140 valence electrons. The van der Waals surface area contributed by atoms with Crippen LogP contribution in [0.3, 0.4) is 0 Å². The molecule has 1 N–H and O–H groups in total. The zero-order chi connectivity index (χ0) is 19.4. The highest BCUT2D eigenvalue weighted by molar-refractivity contribution is 9.10. The number of rotatable bonds is 7. The number of benzene rings is 1. The van der Waals surface area contributed by atoms with Gasteiger partial charge < -0.3 is 10.1 Å². The van der Waals surface area contributed by atoms with Crippen molar-refractivity contribution in [2.75, 3.05) is 5.32 Å². The zero-order valence-electron chi connectivity index (χ0n) is 14.3. The molecule has 27 heavy (non-hydrogen) atoms. The van der Waals surface area contributed by atoms with Crippen LogP contribution in [0.25, 0.3) is 0 Å². The fourth-order valence-electron chi connectivity index (χ4n) is 2.37. The topological polar surface area (TPSA) is 116 Å². The molecule has 0 aliphatic heterocycles. The first-order valence-corrected chi connectivity index (χ1v) is 9.58. The van der Waals surface area contributed by atoms with Crippen molar-refractivity contribution in [1.82, 2.24) is 20.0 Å². The van der Waals surface area contributed by atoms with Crippen LogP contribution < -0.4 is 5.32 Å². The molecule has 11 heteroatoms. The van der Waals surface area contributed by atoms with E-state index in [1.54, 1.807) is 6.92 Å². The number of aromatic nitrogens is 4. The molecule has 0 saturated carbocycles. The van der Waals surface area contributed by atoms with E-state index in [0.29, 0.717) is 10.8 Å². The molecular weight excluding hydrogens is 436 g/mol. The number of hydrogen-bond donors (Lipinski definition) is 1. The number of anilines is 1. The van der Waals surface area contributed by atoms with Crippen LogP contribution in [0.1, 0.15) is 16.3 Å². The molecule has 0 atom stereocenters. The van der Waals surface area contributed by atoms with Crippen molar-refractivity contribution in [3.05, 3.63) is 61.2 Å². The average molecular weight is 451 g/mol. The van der Waals surface area contributed by atoms with E-state index < -0.39 is 4.92 Å². The highest BCUT2D eigenvalue weighted by Crippen LogP contribution is 2.27. The summed E-state index contributed by atoms with van der Waals surface area (Å²) in [5, 5.41) is 26.7. The first kappa shape index (κ1) is 19.1. The van der Waals surface area contributed by atoms with Gasteiger partial charge in [0.05, 0.1) is 10.8 Å². The van der Waals surface area contributed by atoms with E-state index in [1.807, 2.05) is 30.3 Å². The molecule has 0 aliphatic carbocycles. The predicted octanol–water partition coefficient (Wildman–Crippen LogP) is 3.14. The smallest absolute Gasteiger partial charge is 0.358 e. The van der Waals surface area contributed by atoms with Crippen molar-refractivity contribution in [3.8, 4) is 0 Å². The molecule has 0 fully saturated rings. The maximum absolute atomic E-state index is 12.2. The molecule has 2 heterocycles. The first-order chi connectivity index (χ1) is 12.9. The number of halogens is 1. The third-order valence-corrected chi connectivity index (χ3v) is 5.59. The molecule has 0 saturated heterocycles. The summed E-state index contributed by atoms with van der Waals surface area (Å²) in [7, 11) is 0. The molecule has 0 unspecified atom stereocenters. The number of nitro groups is 1. The summed E-state index contributed by atoms with van der Waals surface area (Å²) in [6, 6.07) is 10.0. The van der Waals surface area contributed by atoms with E-state index in [-0.39, 0.29) is 22.7 Å². The summed E-state index contributed by atoms with van der Waals surface area (Å²) in [4.78, 5) is 22.5. The lowest BCUT2D eigenvalue weighted by atomic mass is 10.1. The van der Waals surface area contributed by atoms with Crippen molar-refractivity contribution in [2.45, 2.75) is 26.3 Å². The Labute approximate surface area is 166 Å². The standard InChI is InChI=1S/C16H15BrN6O3S/c1-10-14(17)15(23(25)26)21-22(10)9-12(24)18-16-20-19-13(27-16)8-7-11-5-3-2-4-6-11/h2-6H,7-9H2,1H3,(H,18,20,24). The van der Waals surface area contributed by atoms with E-state index in [4.69, 9.17) is 0 Å². The lowest BCUT2D eigenvalue weighted by Crippen LogP contribution is -2.20. The van der Waals surface area contributed by atoms with Gasteiger partial charge in [0.15, 0.2) is 0 Å². The largest absolute Gasteiger partial charge is 0.404 e. The van der Waals surface area contributed by atoms with Crippen molar-refractivity contribution in [2.24, 2.45) is 0 Å². The van der Waals surface area contributed by atoms with Crippen LogP contribution in [0.5, 0.6) is 0 Å². The summed E-state index contributed by atoms with van der Waals surface area (Å²) in [6.07, 6.45) is 1.57. The fourth-order valence-corrected chi connectivity index (χ4v) is 3.56. The molecule has 1 aromatic carbocycles. The second kappa shape index (κ2) is 8.35. The minimum Gasteiger partial charge on any atom is -0.358 e. The second-order valence-electron chi connectivity index (χ2n) is 5.67. The van der Waals surface area contributed by atoms with Crippen LogP contribution in [-0.4, -0.2) is 30.8 Å². The van der Waals surface area contributed by atoms with Crippen LogP contribution in [0.4, 0.5) is 10.9 Å². The Bertz CT molecular complexity index is 972. The Kier molecular flexibility index (Phi) is 5.91. The summed E-state index contributed by atoms with van der Waals surface area (Å²) in [5.74, 6) is -0.701. The Hall–Kier alpha value is -2.66. The summed E-state index contributed by atoms with van der Waals surface area (Å²) in [5.41, 5.74) is 1.71. The quantitative estimate of drug-likeness (QED) is 0.436. The number of hydrogen-bond acceptors (Lipinski definition) is 7. The summed E-state index contributed by atoms with van der Waals surface area (Å²) < 4.78 is 1.54. The SMILES string of the molecule is Cc1c(Br)c([N+](=O)[O-])nn1CC(=O)Nc1nnc(CCc2ccccc2)s1. The molecule has 3 aromatic rings. The first-order valence-electron chi connectivity index (χ1n) is 7.97. The molecular formula is C16H15BrN6O3S. The molecule has 0 bridgehead atoms. The van der Waals surface area contributed by atoms with Crippen molar-refractivity contribution in [3.63, 3.8) is 0 Å². The Balaban J connectivity index is 1.58. The zero-order valence-corrected chi connectivity index (χ0v) is 16.7. The minimum absolute atomic E-state index is 0.156. The number of nitrogens with zero attached hydrogens (tertiary/aromatic N) is 5. The molecule has 9 nitrogen and oxygen atoms in total. The van der Waals surface area contributed by atoms with E-state index in [0.717, 1.165) is 17.8 Å². The van der Waals surface area contributed by atoms with Gasteiger partial charge in [-0.1, -0.05) is 41.7 Å². The maximum atomic E-state index is 12.2. The van der Waals surface area contributed by atoms with E-state index in [2.05, 4.69) is 36.5 Å². The molecule has 0 aliphatic rings. The van der Waals surface area contributed by atoms with Gasteiger partial charge in [0.2, 0.25) is 11.0 Å². The van der Waals surface area contributed by atoms with Gasteiger partial charge in [-0.3, -0.25) is 10.1 Å². The predicted molar refractivity (Wildman–Crippen MR) is 104 cm³/mol. The lowest BCUT2D eigenvalue weighted by molar-refractivity contribution is -0.390. The Morgan fingerprint density at radius 2 is 2.04 bits per heavy atom. The average Bonchev–Trinajstić information content (AvgIpc) is 3.20. The number of aryl methyl sites for hydroxylation is 2. The highest BCUT2D eigenvalue weighted by Gasteiger charge is 2.24. The van der Waals surface area contributed by atoms with E-state index >= 15 is 0 Å². The lowest BCUT2D eigenvalue weighted by Gasteiger charge is -2.00. The number of carbonyl (C=O) groups excluding carboxylic acids is 1. The van der Waals surface area contributed by atoms with Gasteiger partial charge in [-0.2, -0.15) is 4.68 Å². The van der Waals surface area contributed by atoms with Gasteiger partial charge in [0.1, 0.15) is 16.0 Å². The van der Waals surface area contributed by atoms with Gasteiger partial charge >= 0.3 is 5.82 Å². The van der Waals surface area contributed by atoms with Gasteiger partial charge in [-0.25, -0.2) is 0 Å². The van der Waals surface area contributed by atoms with Crippen LogP contribution >= 0.6 is 27.3 Å². The molecule has 3 rings (SSSR count). The highest BCUT2D eigenvalue weighted by atomic mass is 79.9. The second-order valence-corrected chi connectivity index (χ2v) is 7.53. The Morgan fingerprint density at radius 1 is 1.30 bits per heavy atom. The summed E-state index contributed by atoms with van der Waals surface area (Å²) in [6.45, 7) is 1.49. The van der Waals surface area contributed by atoms with Crippen molar-refractivity contribution in [1.29, 1.82) is 0 Å². The number of nitrogens with one attached hydrogen (secondary N) is 1. The normalized spacial score (nSPS) is 10.7. The number of amides is 1. The van der Waals surface area contributed by atoms with Crippen LogP contribution in [-0.2, 0) is 24.2 Å². The van der Waals surface area contributed by atoms with E-state index in [1.165, 1.54) is 21.6 Å². The van der Waals surface area contributed by atoms with Gasteiger partial charge in [-0.05, 0) is 39.8 Å². The summed E-state index contributed by atoms with van der Waals surface area (Å²) >= 11 is 4.43. The van der Waals surface area contributed by atoms with Gasteiger partial charge in [0, 0.05) is 6.42 Å². The van der Waals surface area contributed by atoms with Crippen molar-refractivity contribution >= 4 is 44.1 Å². The van der Waals surface area contributed by atoms with Crippen molar-refractivity contribution < 1.29 is 9.72 Å². The minimum atomic E-state index is -0.602. The van der Waals surface area contributed by atoms with Crippen LogP contribution in [0, 0.1) is 17.0 Å². The molecule has 0 spiro atoms. The van der Waals surface area contributed by atoms with Gasteiger partial charge in [-0.15, -0.1) is 10.2 Å². The van der Waals surface area contributed by atoms with Crippen LogP contribution in [0.15, 0.2) is 34.8 Å². The monoisotopic (exact) mass is 450 g/mol. The molecule has 0 radical (unpaired) electrons. The van der Waals surface area contributed by atoms with Gasteiger partial charge in [0.25, 0.3) is 0 Å². The number of carbonyl (C=O) groups is 1. The fraction of sp³-hybridized carbons (Fsp3) is 0.250. The molecule has 1 amide bonds. The van der Waals surface area contributed by atoms with Crippen LogP contribution in [0.2, 0.25) is 0 Å². The third kappa shape index (κ3) is 4.74. The Morgan fingerprint density at radius 3 is 2.70 bits per heavy atom. The third-order valence-electron chi connectivity index (χ3n) is 3.77.